The van der Waals surface area contributed by atoms with E-state index < -0.39 is 143 Å². The number of aliphatic carboxylic acids is 2. The maximum atomic E-state index is 15.3. The van der Waals surface area contributed by atoms with Gasteiger partial charge in [0.1, 0.15) is 60.7 Å². The maximum absolute atomic E-state index is 15.3. The Balaban J connectivity index is 0.975. The molecule has 6 aromatic carbocycles. The van der Waals surface area contributed by atoms with E-state index in [0.717, 1.165) is 40.8 Å². The van der Waals surface area contributed by atoms with Gasteiger partial charge >= 0.3 is 11.9 Å². The molecule has 107 heavy (non-hydrogen) atoms. The highest BCUT2D eigenvalue weighted by molar-refractivity contribution is 5.99. The topological polar surface area (TPSA) is 361 Å². The molecule has 0 radical (unpaired) electrons. The molecule has 2 unspecified atom stereocenters. The van der Waals surface area contributed by atoms with Crippen molar-refractivity contribution in [3.8, 4) is 5.75 Å². The van der Waals surface area contributed by atoms with Gasteiger partial charge in [-0.1, -0.05) is 155 Å². The predicted molar refractivity (Wildman–Crippen MR) is 401 cm³/mol. The molecule has 1 aliphatic carbocycles. The van der Waals surface area contributed by atoms with Gasteiger partial charge in [-0.05, 0) is 133 Å². The Hall–Kier alpha value is -10.6. The van der Waals surface area contributed by atoms with Gasteiger partial charge in [0.15, 0.2) is 0 Å². The van der Waals surface area contributed by atoms with Gasteiger partial charge in [0.05, 0.1) is 24.8 Å². The molecule has 26 heteroatoms. The number of carbonyl (C=O) groups is 11. The minimum atomic E-state index is -1.58. The molecule has 6 aromatic rings. The Morgan fingerprint density at radius 3 is 1.54 bits per heavy atom. The van der Waals surface area contributed by atoms with E-state index in [-0.39, 0.29) is 76.3 Å². The first kappa shape index (κ1) is 79.0. The van der Waals surface area contributed by atoms with Crippen LogP contribution in [0, 0.1) is 11.3 Å². The highest BCUT2D eigenvalue weighted by Crippen LogP contribution is 2.32. The molecular formula is C81H99N11O15. The van der Waals surface area contributed by atoms with Gasteiger partial charge in [0.2, 0.25) is 47.3 Å². The molecule has 13 rings (SSSR count). The molecule has 0 aromatic heterocycles. The molecule has 11 N–H and O–H groups in total. The molecule has 7 aliphatic rings. The van der Waals surface area contributed by atoms with Gasteiger partial charge in [-0.15, -0.1) is 0 Å². The molecular weight excluding hydrogens is 1370 g/mol. The van der Waals surface area contributed by atoms with Gasteiger partial charge in [-0.3, -0.25) is 43.2 Å². The number of ether oxygens (including phenoxy) is 2. The summed E-state index contributed by atoms with van der Waals surface area (Å²) in [5.74, 6) is -8.44. The number of rotatable bonds is 15. The van der Waals surface area contributed by atoms with E-state index in [4.69, 9.17) is 9.47 Å². The summed E-state index contributed by atoms with van der Waals surface area (Å²) in [5.41, 5.74) is 1.33. The zero-order chi connectivity index (χ0) is 76.6. The first-order valence-corrected chi connectivity index (χ1v) is 36.8. The number of likely N-dealkylation sites (tertiary alicyclic amines) is 2. The molecule has 9 amide bonds. The van der Waals surface area contributed by atoms with Crippen molar-refractivity contribution in [2.45, 2.75) is 178 Å². The molecule has 2 saturated heterocycles. The van der Waals surface area contributed by atoms with Gasteiger partial charge in [-0.2, -0.15) is 0 Å². The van der Waals surface area contributed by atoms with Gasteiger partial charge in [-0.25, -0.2) is 9.59 Å². The first-order chi connectivity index (χ1) is 51.2. The summed E-state index contributed by atoms with van der Waals surface area (Å²) < 4.78 is 12.4. The Bertz CT molecular complexity index is 4250. The molecule has 12 atom stereocenters. The number of hydrogen-bond donors (Lipinski definition) is 11. The van der Waals surface area contributed by atoms with Crippen LogP contribution >= 0.6 is 0 Å². The third-order valence-corrected chi connectivity index (χ3v) is 20.8. The third-order valence-electron chi connectivity index (χ3n) is 20.8. The number of nitrogens with zero attached hydrogens (tertiary/aromatic N) is 2. The fraction of sp³-hybridized carbons (Fsp3) is 0.444. The van der Waals surface area contributed by atoms with Crippen LogP contribution in [0.5, 0.6) is 5.75 Å². The summed E-state index contributed by atoms with van der Waals surface area (Å²) in [4.78, 5) is 161. The number of carboxylic acid groups (broad SMARTS) is 2. The van der Waals surface area contributed by atoms with E-state index in [0.29, 0.717) is 40.8 Å². The lowest BCUT2D eigenvalue weighted by molar-refractivity contribution is -0.145. The van der Waals surface area contributed by atoms with Crippen molar-refractivity contribution in [1.82, 2.24) is 57.7 Å². The van der Waals surface area contributed by atoms with Crippen molar-refractivity contribution >= 4 is 86.6 Å². The zero-order valence-electron chi connectivity index (χ0n) is 61.6. The normalized spacial score (nSPS) is 23.4. The second kappa shape index (κ2) is 36.1. The van der Waals surface area contributed by atoms with Crippen LogP contribution in [-0.2, 0) is 78.4 Å². The van der Waals surface area contributed by atoms with E-state index in [1.807, 2.05) is 78.9 Å². The highest BCUT2D eigenvalue weighted by Gasteiger charge is 2.48. The van der Waals surface area contributed by atoms with Crippen molar-refractivity contribution in [3.63, 3.8) is 0 Å². The number of nitrogens with one attached hydrogen (secondary N) is 9. The molecule has 1 saturated carbocycles. The first-order valence-electron chi connectivity index (χ1n) is 36.8. The number of carbonyl (C=O) groups excluding carboxylic acids is 9. The lowest BCUT2D eigenvalue weighted by Gasteiger charge is -2.36. The SMILES string of the molecule is CN[C@@H](C)C(=O)N[C@H](C(=O)N1CC2CC1C(=O)N[C@@H](Cc1ccc3ccccc3c1)C(=O)N[C@H](C(=O)O)Cc1ccc(cc1)C(=O)N[C@H]1C[C@@H](C(=O)N[C@@H](Cc3ccc4ccccc4c3)C(=O)N[C@H](C(=O)O)Cc3ccc(cc3)OC/C=C/CO2)N(C(=O)[C@@H](NC(=O)[C@H](C)NC)C(C)(C)C)C1)C1CCCCC1. The predicted octanol–water partition coefficient (Wildman–Crippen LogP) is 4.82. The fourth-order valence-electron chi connectivity index (χ4n) is 14.3. The third kappa shape index (κ3) is 20.7. The van der Waals surface area contributed by atoms with E-state index in [1.165, 1.54) is 34.1 Å². The van der Waals surface area contributed by atoms with Crippen LogP contribution in [0.15, 0.2) is 146 Å². The summed E-state index contributed by atoms with van der Waals surface area (Å²) in [5, 5.41) is 50.8. The van der Waals surface area contributed by atoms with Crippen LogP contribution in [0.4, 0.5) is 0 Å². The average molecular weight is 1470 g/mol. The fourth-order valence-corrected chi connectivity index (χ4v) is 14.3. The minimum absolute atomic E-state index is 0.00753. The Labute approximate surface area is 622 Å². The highest BCUT2D eigenvalue weighted by atomic mass is 16.5. The number of hydrogen-bond acceptors (Lipinski definition) is 15. The van der Waals surface area contributed by atoms with E-state index >= 15 is 19.2 Å². The van der Waals surface area contributed by atoms with Crippen molar-refractivity contribution in [2.75, 3.05) is 40.4 Å². The number of amides is 9. The second-order valence-electron chi connectivity index (χ2n) is 29.5. The van der Waals surface area contributed by atoms with E-state index in [9.17, 15) is 43.8 Å². The molecule has 6 heterocycles. The second-order valence-corrected chi connectivity index (χ2v) is 29.5. The molecule has 0 spiro atoms. The van der Waals surface area contributed by atoms with Crippen LogP contribution in [0.3, 0.4) is 0 Å². The standard InChI is InChI=1S/C81H99N11O15/c1-47(82-6)70(93)89-68(55-19-9-8-10-20-55)77(100)92-46-61-44-67(92)76(99)86-63(42-52-26-30-54-18-12-14-22-58(54)38-52)74(97)87-64(79(102)103)39-49-23-31-56(32-24-49)72(95)84-59-43-66(91(45-59)78(101)69(81(3,4)5)90-71(94)48(2)83-7)75(98)85-62(41-51-25-29-53-17-11-13-21-57(53)37-51)73(96)88-65(80(104)105)40-50-27-33-60(34-28-50)106-35-15-16-36-107-61/h11-18,21-34,37-38,47-48,55,59,61-69,82-83H,8-10,19-20,35-36,39-46H2,1-7H3,(H,84,95)(H,85,98)(H,86,99)(H,87,97)(H,88,96)(H,89,93)(H,90,94)(H,102,103)(H,104,105)/b16-15+/t47-,48-,59-,61?,62-,63-,64-,65-,66-,67?,68-,69+/m0/s1. The molecule has 3 fully saturated rings. The summed E-state index contributed by atoms with van der Waals surface area (Å²) in [6.07, 6.45) is 5.81. The maximum Gasteiger partial charge on any atom is 0.326 e. The van der Waals surface area contributed by atoms with Crippen molar-refractivity contribution in [1.29, 1.82) is 0 Å². The van der Waals surface area contributed by atoms with E-state index in [1.54, 1.807) is 91.2 Å². The van der Waals surface area contributed by atoms with Crippen molar-refractivity contribution in [3.05, 3.63) is 173 Å². The molecule has 8 bridgehead atoms. The lowest BCUT2D eigenvalue weighted by Crippen LogP contribution is -2.61. The Morgan fingerprint density at radius 1 is 0.542 bits per heavy atom. The van der Waals surface area contributed by atoms with Gasteiger partial charge in [0, 0.05) is 56.8 Å². The zero-order valence-corrected chi connectivity index (χ0v) is 61.6. The summed E-state index contributed by atoms with van der Waals surface area (Å²) in [7, 11) is 3.23. The monoisotopic (exact) mass is 1470 g/mol. The quantitative estimate of drug-likeness (QED) is 0.0614. The Morgan fingerprint density at radius 2 is 1.03 bits per heavy atom. The Kier molecular flexibility index (Phi) is 26.7. The number of carboxylic acids is 2. The molecule has 568 valence electrons. The average Bonchev–Trinajstić information content (AvgIpc) is 1.69. The van der Waals surface area contributed by atoms with E-state index in [2.05, 4.69) is 47.9 Å². The van der Waals surface area contributed by atoms with Crippen LogP contribution in [-0.4, -0.2) is 198 Å². The van der Waals surface area contributed by atoms with Gasteiger partial charge in [0.25, 0.3) is 5.91 Å². The van der Waals surface area contributed by atoms with Crippen LogP contribution in [0.1, 0.15) is 112 Å². The number of fused-ring (bicyclic) bond motifs is 2. The number of likely N-dealkylation sites (N-methyl/N-ethyl adjacent to an activating group) is 2. The summed E-state index contributed by atoms with van der Waals surface area (Å²) in [6.45, 7) is 8.35. The van der Waals surface area contributed by atoms with Gasteiger partial charge < -0.3 is 77.3 Å². The molecule has 6 aliphatic heterocycles. The lowest BCUT2D eigenvalue weighted by atomic mass is 9.83. The van der Waals surface area contributed by atoms with Crippen LogP contribution in [0.25, 0.3) is 21.5 Å². The smallest absolute Gasteiger partial charge is 0.326 e. The summed E-state index contributed by atoms with van der Waals surface area (Å²) in [6, 6.07) is 25.8. The van der Waals surface area contributed by atoms with Crippen LogP contribution < -0.4 is 52.6 Å². The van der Waals surface area contributed by atoms with Crippen molar-refractivity contribution in [2.24, 2.45) is 11.3 Å². The minimum Gasteiger partial charge on any atom is -0.490 e. The largest absolute Gasteiger partial charge is 0.490 e. The molecule has 26 nitrogen and oxygen atoms in total. The number of benzene rings is 6. The van der Waals surface area contributed by atoms with Crippen LogP contribution in [0.2, 0.25) is 0 Å². The van der Waals surface area contributed by atoms with Crippen molar-refractivity contribution < 1.29 is 72.4 Å². The summed E-state index contributed by atoms with van der Waals surface area (Å²) >= 11 is 0.